The molecule has 0 fully saturated rings. The van der Waals surface area contributed by atoms with Gasteiger partial charge in [0.15, 0.2) is 11.6 Å². The van der Waals surface area contributed by atoms with E-state index in [1.54, 1.807) is 38.2 Å². The number of H-pyrrole nitrogens is 1. The normalized spacial score (nSPS) is 21.5. The van der Waals surface area contributed by atoms with Gasteiger partial charge in [-0.25, -0.2) is 8.78 Å². The van der Waals surface area contributed by atoms with Gasteiger partial charge in [-0.1, -0.05) is 36.7 Å². The lowest BCUT2D eigenvalue weighted by atomic mass is 9.78. The molecule has 2 heterocycles. The number of aromatic amines is 1. The summed E-state index contributed by atoms with van der Waals surface area (Å²) in [5.74, 6) is -2.20. The molecular weight excluding hydrogens is 358 g/mol. The molecular formula is C20H19ClF2N2O. The molecule has 2 atom stereocenters. The molecule has 0 bridgehead atoms. The Hall–Kier alpha value is -2.11. The van der Waals surface area contributed by atoms with E-state index >= 15 is 0 Å². The highest BCUT2D eigenvalue weighted by Crippen LogP contribution is 2.44. The maximum Gasteiger partial charge on any atom is 0.182 e. The lowest BCUT2D eigenvalue weighted by Crippen LogP contribution is -2.50. The molecule has 3 aromatic rings. The summed E-state index contributed by atoms with van der Waals surface area (Å²) < 4.78 is 29.9. The van der Waals surface area contributed by atoms with Crippen molar-refractivity contribution < 1.29 is 13.9 Å². The largest absolute Gasteiger partial charge is 0.390 e. The molecule has 1 aliphatic heterocycles. The van der Waals surface area contributed by atoms with E-state index in [1.165, 1.54) is 0 Å². The fraction of sp³-hybridized carbons (Fsp3) is 0.300. The monoisotopic (exact) mass is 376 g/mol. The minimum absolute atomic E-state index is 0.116. The molecule has 0 radical (unpaired) electrons. The third-order valence-corrected chi connectivity index (χ3v) is 5.66. The number of aliphatic hydroxyl groups is 1. The molecule has 3 nitrogen and oxygen atoms in total. The highest BCUT2D eigenvalue weighted by molar-refractivity contribution is 6.36. The first-order valence-corrected chi connectivity index (χ1v) is 8.84. The van der Waals surface area contributed by atoms with E-state index in [2.05, 4.69) is 10.3 Å². The van der Waals surface area contributed by atoms with Gasteiger partial charge in [0, 0.05) is 28.6 Å². The summed E-state index contributed by atoms with van der Waals surface area (Å²) in [6, 6.07) is 6.92. The number of hydrogen-bond donors (Lipinski definition) is 3. The van der Waals surface area contributed by atoms with Gasteiger partial charge in [-0.2, -0.15) is 0 Å². The maximum atomic E-state index is 15.0. The predicted octanol–water partition coefficient (Wildman–Crippen LogP) is 5.44. The van der Waals surface area contributed by atoms with Crippen molar-refractivity contribution in [2.24, 2.45) is 0 Å². The standard InChI is InChI=1S/C20H19ClF2N2O/c1-9-12-7-13(10-5-4-6-11-14(21)8-24-17(10)11)15(22)16(23)18(12)25-20(2,3)19(9)26/h4-9,19,24-26H,1-3H3/t9-,19+/m0/s1. The zero-order chi connectivity index (χ0) is 18.8. The van der Waals surface area contributed by atoms with E-state index in [-0.39, 0.29) is 17.2 Å². The number of halogens is 3. The number of nitrogens with one attached hydrogen (secondary N) is 2. The van der Waals surface area contributed by atoms with Crippen molar-refractivity contribution in [3.05, 3.63) is 52.7 Å². The molecule has 0 saturated carbocycles. The van der Waals surface area contributed by atoms with E-state index in [0.29, 0.717) is 21.7 Å². The first kappa shape index (κ1) is 17.3. The minimum Gasteiger partial charge on any atom is -0.390 e. The molecule has 0 aliphatic carbocycles. The Morgan fingerprint density at radius 2 is 1.88 bits per heavy atom. The van der Waals surface area contributed by atoms with Gasteiger partial charge in [0.05, 0.1) is 27.9 Å². The minimum atomic E-state index is -0.931. The van der Waals surface area contributed by atoms with Crippen molar-refractivity contribution >= 4 is 28.2 Å². The Balaban J connectivity index is 1.99. The molecule has 2 aromatic carbocycles. The van der Waals surface area contributed by atoms with Gasteiger partial charge < -0.3 is 15.4 Å². The van der Waals surface area contributed by atoms with Crippen LogP contribution >= 0.6 is 11.6 Å². The van der Waals surface area contributed by atoms with Crippen LogP contribution in [0.3, 0.4) is 0 Å². The number of hydrogen-bond acceptors (Lipinski definition) is 2. The van der Waals surface area contributed by atoms with Crippen LogP contribution in [0.15, 0.2) is 30.5 Å². The highest BCUT2D eigenvalue weighted by Gasteiger charge is 2.41. The second-order valence-corrected chi connectivity index (χ2v) is 7.87. The summed E-state index contributed by atoms with van der Waals surface area (Å²) in [5.41, 5.74) is 1.24. The van der Waals surface area contributed by atoms with Gasteiger partial charge >= 0.3 is 0 Å². The summed E-state index contributed by atoms with van der Waals surface area (Å²) in [5, 5.41) is 14.8. The van der Waals surface area contributed by atoms with Gasteiger partial charge in [0.2, 0.25) is 0 Å². The fourth-order valence-electron chi connectivity index (χ4n) is 3.86. The zero-order valence-corrected chi connectivity index (χ0v) is 15.4. The Kier molecular flexibility index (Phi) is 3.79. The zero-order valence-electron chi connectivity index (χ0n) is 14.6. The summed E-state index contributed by atoms with van der Waals surface area (Å²) >= 11 is 6.15. The Morgan fingerprint density at radius 3 is 2.62 bits per heavy atom. The number of anilines is 1. The third kappa shape index (κ3) is 2.34. The van der Waals surface area contributed by atoms with Gasteiger partial charge in [-0.15, -0.1) is 0 Å². The van der Waals surface area contributed by atoms with E-state index in [0.717, 1.165) is 5.39 Å². The van der Waals surface area contributed by atoms with Gasteiger partial charge in [0.25, 0.3) is 0 Å². The van der Waals surface area contributed by atoms with Gasteiger partial charge in [-0.3, -0.25) is 0 Å². The summed E-state index contributed by atoms with van der Waals surface area (Å²) in [6.07, 6.45) is 0.891. The molecule has 1 aliphatic rings. The quantitative estimate of drug-likeness (QED) is 0.530. The van der Waals surface area contributed by atoms with Crippen molar-refractivity contribution in [2.75, 3.05) is 5.32 Å². The molecule has 0 unspecified atom stereocenters. The van der Waals surface area contributed by atoms with Crippen molar-refractivity contribution in [3.8, 4) is 11.1 Å². The van der Waals surface area contributed by atoms with Crippen LogP contribution in [0.2, 0.25) is 5.02 Å². The smallest absolute Gasteiger partial charge is 0.182 e. The Bertz CT molecular complexity index is 1030. The van der Waals surface area contributed by atoms with Crippen LogP contribution in [0.25, 0.3) is 22.0 Å². The molecule has 136 valence electrons. The van der Waals surface area contributed by atoms with E-state index in [4.69, 9.17) is 11.6 Å². The van der Waals surface area contributed by atoms with Crippen molar-refractivity contribution in [1.29, 1.82) is 0 Å². The van der Waals surface area contributed by atoms with Crippen LogP contribution in [0.4, 0.5) is 14.5 Å². The molecule has 3 N–H and O–H groups in total. The topological polar surface area (TPSA) is 48.0 Å². The van der Waals surface area contributed by atoms with Crippen LogP contribution in [0, 0.1) is 11.6 Å². The second-order valence-electron chi connectivity index (χ2n) is 7.46. The third-order valence-electron chi connectivity index (χ3n) is 5.34. The SMILES string of the molecule is C[C@H]1c2cc(-c3cccc4c(Cl)c[nH]c34)c(F)c(F)c2NC(C)(C)[C@@H]1O. The average Bonchev–Trinajstić information content (AvgIpc) is 2.98. The number of fused-ring (bicyclic) bond motifs is 2. The van der Waals surface area contributed by atoms with Crippen molar-refractivity contribution in [2.45, 2.75) is 38.3 Å². The molecule has 0 spiro atoms. The highest BCUT2D eigenvalue weighted by atomic mass is 35.5. The van der Waals surface area contributed by atoms with Crippen LogP contribution in [0.5, 0.6) is 0 Å². The number of aliphatic hydroxyl groups excluding tert-OH is 1. The molecule has 0 saturated heterocycles. The maximum absolute atomic E-state index is 15.0. The summed E-state index contributed by atoms with van der Waals surface area (Å²) in [6.45, 7) is 5.35. The number of para-hydroxylation sites is 1. The number of rotatable bonds is 1. The molecule has 6 heteroatoms. The first-order chi connectivity index (χ1) is 12.2. The van der Waals surface area contributed by atoms with Crippen LogP contribution in [-0.2, 0) is 0 Å². The molecule has 26 heavy (non-hydrogen) atoms. The van der Waals surface area contributed by atoms with Crippen molar-refractivity contribution in [3.63, 3.8) is 0 Å². The average molecular weight is 377 g/mol. The number of benzene rings is 2. The lowest BCUT2D eigenvalue weighted by molar-refractivity contribution is 0.0863. The Morgan fingerprint density at radius 1 is 1.15 bits per heavy atom. The Labute approximate surface area is 155 Å². The van der Waals surface area contributed by atoms with E-state index in [9.17, 15) is 13.9 Å². The second kappa shape index (κ2) is 5.69. The van der Waals surface area contributed by atoms with Gasteiger partial charge in [0.1, 0.15) is 0 Å². The van der Waals surface area contributed by atoms with E-state index in [1.807, 2.05) is 13.0 Å². The molecule has 0 amide bonds. The summed E-state index contributed by atoms with van der Waals surface area (Å²) in [4.78, 5) is 3.03. The van der Waals surface area contributed by atoms with Gasteiger partial charge in [-0.05, 0) is 25.5 Å². The predicted molar refractivity (Wildman–Crippen MR) is 101 cm³/mol. The first-order valence-electron chi connectivity index (χ1n) is 8.46. The fourth-order valence-corrected chi connectivity index (χ4v) is 4.08. The lowest BCUT2D eigenvalue weighted by Gasteiger charge is -2.42. The number of aromatic nitrogens is 1. The van der Waals surface area contributed by atoms with Crippen molar-refractivity contribution in [1.82, 2.24) is 4.98 Å². The van der Waals surface area contributed by atoms with Crippen LogP contribution < -0.4 is 5.32 Å². The van der Waals surface area contributed by atoms with Crippen LogP contribution in [-0.4, -0.2) is 21.7 Å². The van der Waals surface area contributed by atoms with Crippen LogP contribution in [0.1, 0.15) is 32.3 Å². The molecule has 1 aromatic heterocycles. The summed E-state index contributed by atoms with van der Waals surface area (Å²) in [7, 11) is 0. The molecule has 4 rings (SSSR count). The van der Waals surface area contributed by atoms with E-state index < -0.39 is 23.3 Å².